The second-order valence-corrected chi connectivity index (χ2v) is 3.55. The van der Waals surface area contributed by atoms with Crippen molar-refractivity contribution in [2.75, 3.05) is 0 Å². The summed E-state index contributed by atoms with van der Waals surface area (Å²) in [5.74, 6) is 5.38. The third-order valence-electron chi connectivity index (χ3n) is 2.17. The first-order chi connectivity index (χ1) is 8.24. The molecule has 0 radical (unpaired) electrons. The average molecular weight is 249 g/mol. The summed E-state index contributed by atoms with van der Waals surface area (Å²) in [7, 11) is 0. The Hall–Kier alpha value is -2.14. The molecule has 5 nitrogen and oxygen atoms in total. The second kappa shape index (κ2) is 4.80. The molecule has 0 bridgehead atoms. The minimum atomic E-state index is 0.0541. The quantitative estimate of drug-likeness (QED) is 0.480. The molecule has 0 aliphatic heterocycles. The highest BCUT2D eigenvalue weighted by Crippen LogP contribution is 2.22. The molecule has 0 unspecified atom stereocenters. The van der Waals surface area contributed by atoms with Gasteiger partial charge < -0.3 is 10.9 Å². The van der Waals surface area contributed by atoms with Crippen LogP contribution < -0.4 is 5.84 Å². The molecule has 17 heavy (non-hydrogen) atoms. The van der Waals surface area contributed by atoms with Crippen molar-refractivity contribution in [3.63, 3.8) is 0 Å². The summed E-state index contributed by atoms with van der Waals surface area (Å²) in [5, 5.41) is 13.5. The van der Waals surface area contributed by atoms with Crippen LogP contribution in [0.5, 0.6) is 5.75 Å². The van der Waals surface area contributed by atoms with Gasteiger partial charge in [-0.15, -0.1) is 0 Å². The predicted octanol–water partition coefficient (Wildman–Crippen LogP) is 1.55. The van der Waals surface area contributed by atoms with Crippen LogP contribution in [0.1, 0.15) is 11.3 Å². The highest BCUT2D eigenvalue weighted by Gasteiger charge is 2.15. The van der Waals surface area contributed by atoms with Crippen LogP contribution in [0.2, 0.25) is 5.15 Å². The normalized spacial score (nSPS) is 11.5. The predicted molar refractivity (Wildman–Crippen MR) is 65.0 cm³/mol. The van der Waals surface area contributed by atoms with E-state index in [0.717, 1.165) is 0 Å². The molecule has 0 aliphatic carbocycles. The number of rotatable bonds is 2. The van der Waals surface area contributed by atoms with Crippen molar-refractivity contribution in [1.82, 2.24) is 9.97 Å². The van der Waals surface area contributed by atoms with Gasteiger partial charge >= 0.3 is 0 Å². The van der Waals surface area contributed by atoms with Gasteiger partial charge in [-0.2, -0.15) is 5.10 Å². The van der Waals surface area contributed by atoms with E-state index in [1.54, 1.807) is 18.2 Å². The van der Waals surface area contributed by atoms with Crippen LogP contribution in [0.4, 0.5) is 0 Å². The summed E-state index contributed by atoms with van der Waals surface area (Å²) in [6.07, 6.45) is 2.94. The number of para-hydroxylation sites is 1. The number of hydrazone groups is 1. The number of halogens is 1. The average Bonchev–Trinajstić information content (AvgIpc) is 2.34. The largest absolute Gasteiger partial charge is 0.507 e. The number of hydrogen-bond donors (Lipinski definition) is 2. The van der Waals surface area contributed by atoms with E-state index in [4.69, 9.17) is 17.4 Å². The van der Waals surface area contributed by atoms with E-state index in [9.17, 15) is 5.11 Å². The molecule has 86 valence electrons. The summed E-state index contributed by atoms with van der Waals surface area (Å²) in [5.41, 5.74) is 1.08. The van der Waals surface area contributed by atoms with Gasteiger partial charge in [0, 0.05) is 18.0 Å². The lowest BCUT2D eigenvalue weighted by Gasteiger charge is -2.07. The minimum absolute atomic E-state index is 0.0541. The lowest BCUT2D eigenvalue weighted by molar-refractivity contribution is 0.474. The molecular formula is C11H9ClN4O. The van der Waals surface area contributed by atoms with Crippen LogP contribution in [0, 0.1) is 0 Å². The molecular weight excluding hydrogens is 240 g/mol. The van der Waals surface area contributed by atoms with E-state index in [-0.39, 0.29) is 10.9 Å². The van der Waals surface area contributed by atoms with Crippen LogP contribution in [0.25, 0.3) is 0 Å². The molecule has 0 fully saturated rings. The van der Waals surface area contributed by atoms with E-state index in [2.05, 4.69) is 15.1 Å². The highest BCUT2D eigenvalue weighted by molar-refractivity contribution is 6.34. The Balaban J connectivity index is 2.57. The van der Waals surface area contributed by atoms with Gasteiger partial charge in [-0.25, -0.2) is 9.97 Å². The summed E-state index contributed by atoms with van der Waals surface area (Å²) in [6, 6.07) is 6.66. The maximum Gasteiger partial charge on any atom is 0.156 e. The maximum absolute atomic E-state index is 9.74. The molecule has 0 saturated carbocycles. The molecule has 0 amide bonds. The summed E-state index contributed by atoms with van der Waals surface area (Å²) in [4.78, 5) is 7.94. The van der Waals surface area contributed by atoms with Crippen molar-refractivity contribution in [2.45, 2.75) is 0 Å². The molecule has 6 heteroatoms. The zero-order valence-electron chi connectivity index (χ0n) is 8.71. The van der Waals surface area contributed by atoms with Crippen molar-refractivity contribution in [3.05, 3.63) is 53.1 Å². The molecule has 0 saturated heterocycles. The van der Waals surface area contributed by atoms with Crippen molar-refractivity contribution in [2.24, 2.45) is 10.9 Å². The topological polar surface area (TPSA) is 84.4 Å². The number of nitrogens with zero attached hydrogens (tertiary/aromatic N) is 3. The summed E-state index contributed by atoms with van der Waals surface area (Å²) < 4.78 is 0. The third-order valence-corrected chi connectivity index (χ3v) is 2.44. The van der Waals surface area contributed by atoms with E-state index >= 15 is 0 Å². The molecule has 2 rings (SSSR count). The molecule has 2 aromatic rings. The number of hydrogen-bond acceptors (Lipinski definition) is 5. The van der Waals surface area contributed by atoms with E-state index in [1.165, 1.54) is 18.5 Å². The number of aromatic nitrogens is 2. The van der Waals surface area contributed by atoms with Gasteiger partial charge in [0.15, 0.2) is 5.15 Å². The number of benzene rings is 1. The smallest absolute Gasteiger partial charge is 0.156 e. The fourth-order valence-corrected chi connectivity index (χ4v) is 1.61. The van der Waals surface area contributed by atoms with Gasteiger partial charge in [-0.3, -0.25) is 0 Å². The molecule has 0 atom stereocenters. The van der Waals surface area contributed by atoms with Crippen LogP contribution >= 0.6 is 11.6 Å². The van der Waals surface area contributed by atoms with Crippen molar-refractivity contribution >= 4 is 17.3 Å². The van der Waals surface area contributed by atoms with Crippen LogP contribution in [0.3, 0.4) is 0 Å². The second-order valence-electron chi connectivity index (χ2n) is 3.19. The Morgan fingerprint density at radius 2 is 1.94 bits per heavy atom. The number of nitrogens with two attached hydrogens (primary N) is 1. The number of phenols is 1. The Bertz CT molecular complexity index is 523. The Morgan fingerprint density at radius 1 is 1.24 bits per heavy atom. The zero-order valence-corrected chi connectivity index (χ0v) is 9.46. The van der Waals surface area contributed by atoms with Crippen LogP contribution in [-0.2, 0) is 0 Å². The first kappa shape index (κ1) is 11.3. The summed E-state index contributed by atoms with van der Waals surface area (Å²) in [6.45, 7) is 0. The van der Waals surface area contributed by atoms with Crippen molar-refractivity contribution in [1.29, 1.82) is 0 Å². The zero-order chi connectivity index (χ0) is 12.3. The van der Waals surface area contributed by atoms with Gasteiger partial charge in [-0.05, 0) is 12.1 Å². The number of aromatic hydroxyl groups is 1. The number of phenolic OH excluding ortho intramolecular Hbond substituents is 1. The summed E-state index contributed by atoms with van der Waals surface area (Å²) >= 11 is 5.91. The van der Waals surface area contributed by atoms with E-state index in [1.807, 2.05) is 0 Å². The molecule has 1 heterocycles. The highest BCUT2D eigenvalue weighted by atomic mass is 35.5. The standard InChI is InChI=1S/C11H9ClN4O/c12-11-10(14-5-6-15-11)9(16-13)7-3-1-2-4-8(7)17/h1-6,17H,13H2. The van der Waals surface area contributed by atoms with Gasteiger partial charge in [0.2, 0.25) is 0 Å². The fraction of sp³-hybridized carbons (Fsp3) is 0. The Kier molecular flexibility index (Phi) is 3.20. The van der Waals surface area contributed by atoms with Gasteiger partial charge in [-0.1, -0.05) is 23.7 Å². The lowest BCUT2D eigenvalue weighted by Crippen LogP contribution is -2.10. The lowest BCUT2D eigenvalue weighted by atomic mass is 10.1. The molecule has 3 N–H and O–H groups in total. The van der Waals surface area contributed by atoms with Crippen LogP contribution in [-0.4, -0.2) is 20.8 Å². The Morgan fingerprint density at radius 3 is 2.59 bits per heavy atom. The van der Waals surface area contributed by atoms with Crippen molar-refractivity contribution in [3.8, 4) is 5.75 Å². The maximum atomic E-state index is 9.74. The van der Waals surface area contributed by atoms with Gasteiger partial charge in [0.1, 0.15) is 17.2 Å². The Labute approximate surface area is 103 Å². The molecule has 1 aromatic heterocycles. The van der Waals surface area contributed by atoms with Crippen molar-refractivity contribution < 1.29 is 5.11 Å². The van der Waals surface area contributed by atoms with Crippen LogP contribution in [0.15, 0.2) is 41.8 Å². The van der Waals surface area contributed by atoms with Gasteiger partial charge in [0.05, 0.1) is 0 Å². The SMILES string of the molecule is NN=C(c1ccccc1O)c1nccnc1Cl. The molecule has 0 aliphatic rings. The third kappa shape index (κ3) is 2.19. The van der Waals surface area contributed by atoms with Gasteiger partial charge in [0.25, 0.3) is 0 Å². The first-order valence-electron chi connectivity index (χ1n) is 4.77. The van der Waals surface area contributed by atoms with E-state index in [0.29, 0.717) is 17.0 Å². The monoisotopic (exact) mass is 248 g/mol. The fourth-order valence-electron chi connectivity index (χ4n) is 1.41. The van der Waals surface area contributed by atoms with E-state index < -0.39 is 0 Å². The molecule has 1 aromatic carbocycles. The first-order valence-corrected chi connectivity index (χ1v) is 5.15. The minimum Gasteiger partial charge on any atom is -0.507 e. The molecule has 0 spiro atoms.